The van der Waals surface area contributed by atoms with Crippen molar-refractivity contribution in [1.29, 1.82) is 0 Å². The second-order valence-electron chi connectivity index (χ2n) is 20.0. The minimum absolute atomic E-state index is 0.00972. The first-order chi connectivity index (χ1) is 31.0. The molecule has 0 aliphatic rings. The maximum atomic E-state index is 12.5. The Balaban J connectivity index is 3.39. The minimum atomic E-state index is -0.665. The molecule has 0 radical (unpaired) electrons. The molecule has 0 spiro atoms. The number of esters is 1. The zero-order valence-corrected chi connectivity index (χ0v) is 42.8. The van der Waals surface area contributed by atoms with Crippen LogP contribution in [0, 0.1) is 0 Å². The number of aliphatic hydroxyl groups excluding tert-OH is 2. The molecular formula is C57H113NO5. The van der Waals surface area contributed by atoms with E-state index in [4.69, 9.17) is 4.74 Å². The largest absolute Gasteiger partial charge is 0.466 e. The average molecular weight is 893 g/mol. The van der Waals surface area contributed by atoms with Crippen LogP contribution in [0.4, 0.5) is 0 Å². The van der Waals surface area contributed by atoms with E-state index in [0.29, 0.717) is 25.9 Å². The standard InChI is InChI=1S/C57H113NO5/c1-3-5-7-9-11-13-15-17-22-26-29-33-37-41-45-49-55(60)54(53-59)58-56(61)50-46-42-38-34-30-27-23-20-18-19-21-24-28-32-36-40-44-48-52-63-57(62)51-47-43-39-35-31-25-16-14-12-10-8-6-4-2/h54-55,59-60H,3-53H2,1-2H3,(H,58,61). The summed E-state index contributed by atoms with van der Waals surface area (Å²) in [4.78, 5) is 24.5. The first-order valence-electron chi connectivity index (χ1n) is 28.8. The molecule has 6 heteroatoms. The van der Waals surface area contributed by atoms with E-state index < -0.39 is 12.1 Å². The highest BCUT2D eigenvalue weighted by molar-refractivity contribution is 5.76. The number of aliphatic hydroxyl groups is 2. The molecule has 0 heterocycles. The zero-order valence-electron chi connectivity index (χ0n) is 42.8. The van der Waals surface area contributed by atoms with Gasteiger partial charge in [0.25, 0.3) is 0 Å². The van der Waals surface area contributed by atoms with Crippen LogP contribution in [0.25, 0.3) is 0 Å². The lowest BCUT2D eigenvalue weighted by atomic mass is 10.0. The van der Waals surface area contributed by atoms with E-state index in [1.807, 2.05) is 0 Å². The predicted molar refractivity (Wildman–Crippen MR) is 274 cm³/mol. The molecule has 0 saturated heterocycles. The first kappa shape index (κ1) is 61.9. The van der Waals surface area contributed by atoms with Gasteiger partial charge in [-0.15, -0.1) is 0 Å². The maximum absolute atomic E-state index is 12.5. The minimum Gasteiger partial charge on any atom is -0.466 e. The summed E-state index contributed by atoms with van der Waals surface area (Å²) >= 11 is 0. The molecule has 6 nitrogen and oxygen atoms in total. The van der Waals surface area contributed by atoms with E-state index in [1.54, 1.807) is 0 Å². The van der Waals surface area contributed by atoms with Gasteiger partial charge in [-0.05, 0) is 25.7 Å². The van der Waals surface area contributed by atoms with Crippen LogP contribution in [0.3, 0.4) is 0 Å². The van der Waals surface area contributed by atoms with Gasteiger partial charge in [-0.25, -0.2) is 0 Å². The summed E-state index contributed by atoms with van der Waals surface area (Å²) in [5.74, 6) is -0.0265. The Hall–Kier alpha value is -1.14. The molecule has 0 aromatic rings. The SMILES string of the molecule is CCCCCCCCCCCCCCCCCC(O)C(CO)NC(=O)CCCCCCCCCCCCCCCCCCCCOC(=O)CCCCCCCCCCCCCCC. The van der Waals surface area contributed by atoms with Crippen molar-refractivity contribution in [2.24, 2.45) is 0 Å². The van der Waals surface area contributed by atoms with Gasteiger partial charge in [0.15, 0.2) is 0 Å². The summed E-state index contributed by atoms with van der Waals surface area (Å²) in [5.41, 5.74) is 0. The summed E-state index contributed by atoms with van der Waals surface area (Å²) in [6, 6.07) is -0.543. The van der Waals surface area contributed by atoms with E-state index in [2.05, 4.69) is 19.2 Å². The van der Waals surface area contributed by atoms with E-state index in [-0.39, 0.29) is 18.5 Å². The highest BCUT2D eigenvalue weighted by atomic mass is 16.5. The highest BCUT2D eigenvalue weighted by Crippen LogP contribution is 2.18. The number of carbonyl (C=O) groups is 2. The molecule has 0 aromatic heterocycles. The molecule has 0 rings (SSSR count). The normalized spacial score (nSPS) is 12.5. The Labute approximate surface area is 394 Å². The van der Waals surface area contributed by atoms with E-state index >= 15 is 0 Å². The van der Waals surface area contributed by atoms with Crippen molar-refractivity contribution in [1.82, 2.24) is 5.32 Å². The summed E-state index contributed by atoms with van der Waals surface area (Å²) in [5, 5.41) is 23.3. The van der Waals surface area contributed by atoms with Crippen LogP contribution < -0.4 is 5.32 Å². The van der Waals surface area contributed by atoms with Crippen molar-refractivity contribution >= 4 is 11.9 Å². The molecule has 0 aliphatic carbocycles. The Bertz CT molecular complexity index is 898. The van der Waals surface area contributed by atoms with E-state index in [9.17, 15) is 19.8 Å². The van der Waals surface area contributed by atoms with Gasteiger partial charge < -0.3 is 20.3 Å². The van der Waals surface area contributed by atoms with E-state index in [1.165, 1.54) is 257 Å². The van der Waals surface area contributed by atoms with Crippen molar-refractivity contribution < 1.29 is 24.5 Å². The van der Waals surface area contributed by atoms with Crippen LogP contribution in [0.1, 0.15) is 328 Å². The first-order valence-corrected chi connectivity index (χ1v) is 28.8. The van der Waals surface area contributed by atoms with Gasteiger partial charge in [0, 0.05) is 12.8 Å². The smallest absolute Gasteiger partial charge is 0.305 e. The van der Waals surface area contributed by atoms with E-state index in [0.717, 1.165) is 38.5 Å². The number of carbonyl (C=O) groups excluding carboxylic acids is 2. The highest BCUT2D eigenvalue weighted by Gasteiger charge is 2.20. The van der Waals surface area contributed by atoms with Gasteiger partial charge in [0.2, 0.25) is 5.91 Å². The van der Waals surface area contributed by atoms with Crippen LogP contribution in [-0.4, -0.2) is 47.4 Å². The van der Waals surface area contributed by atoms with Crippen LogP contribution in [0.2, 0.25) is 0 Å². The number of unbranched alkanes of at least 4 members (excludes halogenated alkanes) is 43. The number of hydrogen-bond donors (Lipinski definition) is 3. The molecule has 63 heavy (non-hydrogen) atoms. The van der Waals surface area contributed by atoms with Gasteiger partial charge in [0.1, 0.15) is 0 Å². The summed E-state index contributed by atoms with van der Waals surface area (Å²) in [6.07, 6.45) is 60.9. The van der Waals surface area contributed by atoms with Crippen molar-refractivity contribution in [3.8, 4) is 0 Å². The molecule has 0 bridgehead atoms. The molecule has 0 aromatic carbocycles. The third-order valence-electron chi connectivity index (χ3n) is 13.7. The summed E-state index contributed by atoms with van der Waals surface area (Å²) < 4.78 is 5.47. The molecule has 376 valence electrons. The molecule has 2 unspecified atom stereocenters. The lowest BCUT2D eigenvalue weighted by molar-refractivity contribution is -0.143. The molecular weight excluding hydrogens is 779 g/mol. The number of rotatable bonds is 54. The van der Waals surface area contributed by atoms with Crippen LogP contribution in [0.15, 0.2) is 0 Å². The predicted octanol–water partition coefficient (Wildman–Crippen LogP) is 17.5. The fourth-order valence-corrected chi connectivity index (χ4v) is 9.23. The van der Waals surface area contributed by atoms with Gasteiger partial charge in [0.05, 0.1) is 25.4 Å². The maximum Gasteiger partial charge on any atom is 0.305 e. The Morgan fingerprint density at radius 2 is 0.651 bits per heavy atom. The molecule has 1 amide bonds. The second kappa shape index (κ2) is 53.5. The molecule has 3 N–H and O–H groups in total. The Morgan fingerprint density at radius 3 is 0.968 bits per heavy atom. The summed E-state index contributed by atoms with van der Waals surface area (Å²) in [6.45, 7) is 4.97. The van der Waals surface area contributed by atoms with Crippen molar-refractivity contribution in [2.75, 3.05) is 13.2 Å². The lowest BCUT2D eigenvalue weighted by Gasteiger charge is -2.22. The second-order valence-corrected chi connectivity index (χ2v) is 20.0. The quantitative estimate of drug-likeness (QED) is 0.0418. The lowest BCUT2D eigenvalue weighted by Crippen LogP contribution is -2.45. The Kier molecular flexibility index (Phi) is 52.5. The number of amides is 1. The fourth-order valence-electron chi connectivity index (χ4n) is 9.23. The Morgan fingerprint density at radius 1 is 0.381 bits per heavy atom. The molecule has 0 aliphatic heterocycles. The van der Waals surface area contributed by atoms with Crippen molar-refractivity contribution in [2.45, 2.75) is 341 Å². The van der Waals surface area contributed by atoms with Crippen molar-refractivity contribution in [3.63, 3.8) is 0 Å². The average Bonchev–Trinajstić information content (AvgIpc) is 3.28. The fraction of sp³-hybridized carbons (Fsp3) is 0.965. The van der Waals surface area contributed by atoms with Crippen molar-refractivity contribution in [3.05, 3.63) is 0 Å². The molecule has 2 atom stereocenters. The molecule has 0 fully saturated rings. The number of nitrogens with one attached hydrogen (secondary N) is 1. The monoisotopic (exact) mass is 892 g/mol. The third-order valence-corrected chi connectivity index (χ3v) is 13.7. The van der Waals surface area contributed by atoms with Crippen LogP contribution >= 0.6 is 0 Å². The van der Waals surface area contributed by atoms with Gasteiger partial charge in [-0.1, -0.05) is 290 Å². The topological polar surface area (TPSA) is 95.9 Å². The number of ether oxygens (including phenoxy) is 1. The third kappa shape index (κ3) is 50.1. The summed E-state index contributed by atoms with van der Waals surface area (Å²) in [7, 11) is 0. The van der Waals surface area contributed by atoms with Crippen LogP contribution in [-0.2, 0) is 14.3 Å². The van der Waals surface area contributed by atoms with Gasteiger partial charge >= 0.3 is 5.97 Å². The van der Waals surface area contributed by atoms with Crippen LogP contribution in [0.5, 0.6) is 0 Å². The molecule has 0 saturated carbocycles. The zero-order chi connectivity index (χ0) is 45.8. The van der Waals surface area contributed by atoms with Gasteiger partial charge in [-0.2, -0.15) is 0 Å². The van der Waals surface area contributed by atoms with Gasteiger partial charge in [-0.3, -0.25) is 9.59 Å². The number of hydrogen-bond acceptors (Lipinski definition) is 5.